The van der Waals surface area contributed by atoms with E-state index in [9.17, 15) is 0 Å². The van der Waals surface area contributed by atoms with Gasteiger partial charge in [0.1, 0.15) is 16.5 Å². The van der Waals surface area contributed by atoms with E-state index >= 15 is 0 Å². The highest BCUT2D eigenvalue weighted by molar-refractivity contribution is 7.13. The maximum absolute atomic E-state index is 6.27. The van der Waals surface area contributed by atoms with Crippen LogP contribution in [0.1, 0.15) is 5.56 Å². The van der Waals surface area contributed by atoms with Gasteiger partial charge in [0.05, 0.1) is 18.8 Å². The summed E-state index contributed by atoms with van der Waals surface area (Å²) in [5.41, 5.74) is 3.43. The van der Waals surface area contributed by atoms with Gasteiger partial charge in [-0.15, -0.1) is 11.3 Å². The summed E-state index contributed by atoms with van der Waals surface area (Å²) in [5.74, 6) is 1.65. The van der Waals surface area contributed by atoms with E-state index < -0.39 is 0 Å². The van der Waals surface area contributed by atoms with Gasteiger partial charge in [0, 0.05) is 48.3 Å². The Balaban J connectivity index is 1.43. The van der Waals surface area contributed by atoms with Crippen LogP contribution in [0.3, 0.4) is 0 Å². The zero-order valence-electron chi connectivity index (χ0n) is 15.4. The molecule has 0 amide bonds. The minimum Gasteiger partial charge on any atom is -0.457 e. The number of thiazole rings is 1. The van der Waals surface area contributed by atoms with E-state index in [0.29, 0.717) is 0 Å². The largest absolute Gasteiger partial charge is 0.457 e. The summed E-state index contributed by atoms with van der Waals surface area (Å²) < 4.78 is 11.7. The van der Waals surface area contributed by atoms with Crippen LogP contribution in [-0.2, 0) is 11.3 Å². The molecule has 0 atom stereocenters. The van der Waals surface area contributed by atoms with Crippen LogP contribution < -0.4 is 4.74 Å². The topological polar surface area (TPSA) is 50.4 Å². The molecule has 142 valence electrons. The third-order valence-electron chi connectivity index (χ3n) is 5.01. The third kappa shape index (κ3) is 3.54. The van der Waals surface area contributed by atoms with Crippen molar-refractivity contribution in [3.63, 3.8) is 0 Å². The summed E-state index contributed by atoms with van der Waals surface area (Å²) in [4.78, 5) is 10.2. The average Bonchev–Trinajstić information content (AvgIpc) is 3.40. The van der Waals surface area contributed by atoms with Crippen LogP contribution in [0.25, 0.3) is 21.5 Å². The SMILES string of the molecule is c1ccc(-c2nccs2)c(Oc2ccc3[nH]cc(CN4CCOCC4)c3c2)c1. The van der Waals surface area contributed by atoms with Crippen LogP contribution >= 0.6 is 11.3 Å². The van der Waals surface area contributed by atoms with Gasteiger partial charge in [0.2, 0.25) is 0 Å². The summed E-state index contributed by atoms with van der Waals surface area (Å²) in [6.07, 6.45) is 3.92. The van der Waals surface area contributed by atoms with Crippen LogP contribution in [0.15, 0.2) is 60.2 Å². The molecular formula is C22H21N3O2S. The van der Waals surface area contributed by atoms with E-state index in [0.717, 1.165) is 60.4 Å². The van der Waals surface area contributed by atoms with Crippen LogP contribution in [0.5, 0.6) is 11.5 Å². The predicted octanol–water partition coefficient (Wildman–Crippen LogP) is 4.92. The van der Waals surface area contributed by atoms with Crippen molar-refractivity contribution >= 4 is 22.2 Å². The van der Waals surface area contributed by atoms with Crippen LogP contribution in [-0.4, -0.2) is 41.2 Å². The molecule has 5 nitrogen and oxygen atoms in total. The number of ether oxygens (including phenoxy) is 2. The highest BCUT2D eigenvalue weighted by Gasteiger charge is 2.14. The molecule has 0 unspecified atom stereocenters. The Labute approximate surface area is 167 Å². The van der Waals surface area contributed by atoms with Crippen LogP contribution in [0, 0.1) is 0 Å². The average molecular weight is 391 g/mol. The van der Waals surface area contributed by atoms with Crippen molar-refractivity contribution < 1.29 is 9.47 Å². The van der Waals surface area contributed by atoms with Gasteiger partial charge >= 0.3 is 0 Å². The Morgan fingerprint density at radius 1 is 1.14 bits per heavy atom. The quantitative estimate of drug-likeness (QED) is 0.525. The fourth-order valence-electron chi connectivity index (χ4n) is 3.57. The number of nitrogens with zero attached hydrogens (tertiary/aromatic N) is 2. The highest BCUT2D eigenvalue weighted by atomic mass is 32.1. The van der Waals surface area contributed by atoms with E-state index in [2.05, 4.69) is 33.2 Å². The number of rotatable bonds is 5. The summed E-state index contributed by atoms with van der Waals surface area (Å²) >= 11 is 1.61. The van der Waals surface area contributed by atoms with E-state index in [1.54, 1.807) is 11.3 Å². The van der Waals surface area contributed by atoms with Crippen molar-refractivity contribution in [1.82, 2.24) is 14.9 Å². The second-order valence-electron chi connectivity index (χ2n) is 6.85. The standard InChI is InChI=1S/C22H21N3O2S/c1-2-4-21(18(3-1)22-23-7-12-28-22)27-17-5-6-20-19(13-17)16(14-24-20)15-25-8-10-26-11-9-25/h1-7,12-14,24H,8-11,15H2. The fraction of sp³-hybridized carbons (Fsp3) is 0.227. The molecule has 2 aromatic heterocycles. The van der Waals surface area contributed by atoms with Crippen molar-refractivity contribution in [2.75, 3.05) is 26.3 Å². The maximum Gasteiger partial charge on any atom is 0.137 e. The number of para-hydroxylation sites is 1. The van der Waals surface area contributed by atoms with Crippen molar-refractivity contribution in [2.24, 2.45) is 0 Å². The van der Waals surface area contributed by atoms with E-state index in [1.165, 1.54) is 10.9 Å². The lowest BCUT2D eigenvalue weighted by Crippen LogP contribution is -2.35. The predicted molar refractivity (Wildman–Crippen MR) is 112 cm³/mol. The molecule has 0 spiro atoms. The lowest BCUT2D eigenvalue weighted by Gasteiger charge is -2.26. The molecule has 1 saturated heterocycles. The molecule has 4 aromatic rings. The molecule has 0 aliphatic carbocycles. The summed E-state index contributed by atoms with van der Waals surface area (Å²) in [7, 11) is 0. The molecule has 1 N–H and O–H groups in total. The van der Waals surface area contributed by atoms with E-state index in [-0.39, 0.29) is 0 Å². The first-order valence-electron chi connectivity index (χ1n) is 9.44. The number of aromatic amines is 1. The first-order valence-corrected chi connectivity index (χ1v) is 10.3. The Morgan fingerprint density at radius 2 is 2.04 bits per heavy atom. The smallest absolute Gasteiger partial charge is 0.137 e. The lowest BCUT2D eigenvalue weighted by atomic mass is 10.1. The summed E-state index contributed by atoms with van der Waals surface area (Å²) in [6, 6.07) is 14.3. The fourth-order valence-corrected chi connectivity index (χ4v) is 4.24. The minimum absolute atomic E-state index is 0.810. The third-order valence-corrected chi connectivity index (χ3v) is 5.82. The number of aromatic nitrogens is 2. The van der Waals surface area contributed by atoms with Gasteiger partial charge in [-0.2, -0.15) is 0 Å². The molecule has 3 heterocycles. The van der Waals surface area contributed by atoms with Crippen molar-refractivity contribution in [2.45, 2.75) is 6.54 Å². The van der Waals surface area contributed by atoms with Gasteiger partial charge in [-0.1, -0.05) is 12.1 Å². The molecule has 1 aliphatic rings. The Morgan fingerprint density at radius 3 is 2.89 bits per heavy atom. The monoisotopic (exact) mass is 391 g/mol. The van der Waals surface area contributed by atoms with Crippen molar-refractivity contribution in [1.29, 1.82) is 0 Å². The molecular weight excluding hydrogens is 370 g/mol. The zero-order chi connectivity index (χ0) is 18.8. The zero-order valence-corrected chi connectivity index (χ0v) is 16.2. The second kappa shape index (κ2) is 7.75. The number of hydrogen-bond acceptors (Lipinski definition) is 5. The number of fused-ring (bicyclic) bond motifs is 1. The number of hydrogen-bond donors (Lipinski definition) is 1. The summed E-state index contributed by atoms with van der Waals surface area (Å²) in [5, 5.41) is 4.15. The van der Waals surface area contributed by atoms with Gasteiger partial charge in [0.25, 0.3) is 0 Å². The molecule has 0 radical (unpaired) electrons. The first-order chi connectivity index (χ1) is 13.9. The molecule has 1 fully saturated rings. The van der Waals surface area contributed by atoms with Crippen LogP contribution in [0.4, 0.5) is 0 Å². The minimum atomic E-state index is 0.810. The molecule has 6 heteroatoms. The van der Waals surface area contributed by atoms with E-state index in [4.69, 9.17) is 9.47 Å². The Kier molecular flexibility index (Phi) is 4.83. The van der Waals surface area contributed by atoms with Crippen molar-refractivity contribution in [3.8, 4) is 22.1 Å². The molecule has 1 aliphatic heterocycles. The van der Waals surface area contributed by atoms with Gasteiger partial charge in [-0.3, -0.25) is 4.90 Å². The summed E-state index contributed by atoms with van der Waals surface area (Å²) in [6.45, 7) is 4.49. The van der Waals surface area contributed by atoms with Crippen LogP contribution in [0.2, 0.25) is 0 Å². The highest BCUT2D eigenvalue weighted by Crippen LogP contribution is 2.35. The number of nitrogens with one attached hydrogen (secondary N) is 1. The lowest BCUT2D eigenvalue weighted by molar-refractivity contribution is 0.0343. The van der Waals surface area contributed by atoms with Crippen molar-refractivity contribution in [3.05, 3.63) is 65.8 Å². The first kappa shape index (κ1) is 17.4. The van der Waals surface area contributed by atoms with E-state index in [1.807, 2.05) is 41.9 Å². The normalized spacial score (nSPS) is 15.1. The van der Waals surface area contributed by atoms with Gasteiger partial charge in [-0.05, 0) is 35.9 Å². The molecule has 28 heavy (non-hydrogen) atoms. The van der Waals surface area contributed by atoms with Gasteiger partial charge in [0.15, 0.2) is 0 Å². The Bertz CT molecular complexity index is 1070. The number of benzene rings is 2. The van der Waals surface area contributed by atoms with Gasteiger partial charge < -0.3 is 14.5 Å². The number of H-pyrrole nitrogens is 1. The Hall–Kier alpha value is -2.67. The second-order valence-corrected chi connectivity index (χ2v) is 7.74. The molecule has 0 bridgehead atoms. The number of morpholine rings is 1. The molecule has 2 aromatic carbocycles. The molecule has 5 rings (SSSR count). The maximum atomic E-state index is 6.27. The molecule has 0 saturated carbocycles. The van der Waals surface area contributed by atoms with Gasteiger partial charge in [-0.25, -0.2) is 4.98 Å².